The summed E-state index contributed by atoms with van der Waals surface area (Å²) in [4.78, 5) is 25.8. The predicted octanol–water partition coefficient (Wildman–Crippen LogP) is 3.18. The quantitative estimate of drug-likeness (QED) is 0.509. The standard InChI is InChI=1S/C27H34N2O8S/c1-18-14-20(26(30)28(2)3)4-6-24(18)29(21-10-13-36-17-21)38(33,34)22-5-7-25(23(15-22)27(31)32)37-16-19-8-11-35-12-9-19/h4-7,14-15,19,21H,8-13,16-17H2,1-3H3,(H,31,32). The lowest BCUT2D eigenvalue weighted by Gasteiger charge is -2.31. The number of ether oxygens (including phenoxy) is 3. The Labute approximate surface area is 223 Å². The van der Waals surface area contributed by atoms with E-state index in [1.165, 1.54) is 21.3 Å². The molecule has 2 fully saturated rings. The summed E-state index contributed by atoms with van der Waals surface area (Å²) >= 11 is 0. The smallest absolute Gasteiger partial charge is 0.339 e. The summed E-state index contributed by atoms with van der Waals surface area (Å²) in [5.74, 6) is -1.10. The highest BCUT2D eigenvalue weighted by Gasteiger charge is 2.36. The van der Waals surface area contributed by atoms with Crippen LogP contribution >= 0.6 is 0 Å². The summed E-state index contributed by atoms with van der Waals surface area (Å²) in [6.45, 7) is 3.97. The molecule has 38 heavy (non-hydrogen) atoms. The minimum atomic E-state index is -4.20. The van der Waals surface area contributed by atoms with Crippen LogP contribution in [0.1, 0.15) is 45.5 Å². The summed E-state index contributed by atoms with van der Waals surface area (Å²) in [5.41, 5.74) is 1.23. The van der Waals surface area contributed by atoms with Gasteiger partial charge in [0.05, 0.1) is 29.8 Å². The summed E-state index contributed by atoms with van der Waals surface area (Å²) in [5, 5.41) is 9.87. The number of benzene rings is 2. The van der Waals surface area contributed by atoms with Gasteiger partial charge in [-0.2, -0.15) is 0 Å². The third-order valence-corrected chi connectivity index (χ3v) is 8.74. The maximum Gasteiger partial charge on any atom is 0.339 e. The van der Waals surface area contributed by atoms with Crippen LogP contribution in [0, 0.1) is 12.8 Å². The van der Waals surface area contributed by atoms with Crippen LogP contribution in [0.15, 0.2) is 41.3 Å². The average Bonchev–Trinajstić information content (AvgIpc) is 3.42. The van der Waals surface area contributed by atoms with Gasteiger partial charge in [-0.1, -0.05) is 0 Å². The van der Waals surface area contributed by atoms with Crippen LogP contribution in [0.3, 0.4) is 0 Å². The van der Waals surface area contributed by atoms with Gasteiger partial charge in [0, 0.05) is 39.5 Å². The Morgan fingerprint density at radius 2 is 1.74 bits per heavy atom. The molecule has 2 aliphatic heterocycles. The van der Waals surface area contributed by atoms with Crippen molar-refractivity contribution >= 4 is 27.6 Å². The van der Waals surface area contributed by atoms with E-state index in [-0.39, 0.29) is 34.6 Å². The lowest BCUT2D eigenvalue weighted by molar-refractivity contribution is 0.0490. The van der Waals surface area contributed by atoms with E-state index in [0.29, 0.717) is 49.7 Å². The Morgan fingerprint density at radius 3 is 2.34 bits per heavy atom. The van der Waals surface area contributed by atoms with Crippen LogP contribution < -0.4 is 9.04 Å². The highest BCUT2D eigenvalue weighted by molar-refractivity contribution is 7.92. The second-order valence-electron chi connectivity index (χ2n) is 9.85. The van der Waals surface area contributed by atoms with Gasteiger partial charge in [-0.3, -0.25) is 9.10 Å². The molecule has 2 aliphatic rings. The molecule has 10 nitrogen and oxygen atoms in total. The number of carboxylic acid groups (broad SMARTS) is 1. The van der Waals surface area contributed by atoms with Crippen molar-refractivity contribution in [3.8, 4) is 5.75 Å². The van der Waals surface area contributed by atoms with Crippen LogP contribution in [0.5, 0.6) is 5.75 Å². The molecule has 1 unspecified atom stereocenters. The summed E-state index contributed by atoms with van der Waals surface area (Å²) < 4.78 is 46.1. The summed E-state index contributed by atoms with van der Waals surface area (Å²) in [6, 6.07) is 8.33. The minimum Gasteiger partial charge on any atom is -0.492 e. The zero-order chi connectivity index (χ0) is 27.4. The lowest BCUT2D eigenvalue weighted by atomic mass is 10.0. The summed E-state index contributed by atoms with van der Waals surface area (Å²) in [6.07, 6.45) is 2.13. The Morgan fingerprint density at radius 1 is 1.03 bits per heavy atom. The number of rotatable bonds is 9. The number of amides is 1. The Balaban J connectivity index is 1.69. The number of nitrogens with zero attached hydrogens (tertiary/aromatic N) is 2. The van der Waals surface area contributed by atoms with Crippen molar-refractivity contribution in [2.24, 2.45) is 5.92 Å². The van der Waals surface area contributed by atoms with Crippen molar-refractivity contribution < 1.29 is 37.3 Å². The van der Waals surface area contributed by atoms with Gasteiger partial charge in [0.25, 0.3) is 15.9 Å². The number of carbonyl (C=O) groups is 2. The lowest BCUT2D eigenvalue weighted by Crippen LogP contribution is -2.41. The predicted molar refractivity (Wildman–Crippen MR) is 141 cm³/mol. The van der Waals surface area contributed by atoms with E-state index in [0.717, 1.165) is 18.9 Å². The second kappa shape index (κ2) is 11.7. The van der Waals surface area contributed by atoms with Crippen LogP contribution in [0.2, 0.25) is 0 Å². The molecule has 11 heteroatoms. The highest BCUT2D eigenvalue weighted by Crippen LogP contribution is 2.34. The zero-order valence-electron chi connectivity index (χ0n) is 21.9. The zero-order valence-corrected chi connectivity index (χ0v) is 22.7. The first-order valence-corrected chi connectivity index (χ1v) is 14.1. The number of anilines is 1. The van der Waals surface area contributed by atoms with Gasteiger partial charge in [-0.05, 0) is 74.1 Å². The van der Waals surface area contributed by atoms with E-state index < -0.39 is 22.0 Å². The van der Waals surface area contributed by atoms with E-state index in [1.807, 2.05) is 0 Å². The Kier molecular flexibility index (Phi) is 8.59. The van der Waals surface area contributed by atoms with E-state index >= 15 is 0 Å². The molecule has 0 aromatic heterocycles. The fourth-order valence-electron chi connectivity index (χ4n) is 4.72. The first-order chi connectivity index (χ1) is 18.1. The van der Waals surface area contributed by atoms with Gasteiger partial charge in [0.2, 0.25) is 0 Å². The fraction of sp³-hybridized carbons (Fsp3) is 0.481. The molecule has 206 valence electrons. The molecule has 1 N–H and O–H groups in total. The van der Waals surface area contributed by atoms with E-state index in [4.69, 9.17) is 14.2 Å². The molecule has 0 radical (unpaired) electrons. The van der Waals surface area contributed by atoms with Crippen molar-refractivity contribution in [3.63, 3.8) is 0 Å². The van der Waals surface area contributed by atoms with Crippen LogP contribution in [-0.2, 0) is 19.5 Å². The minimum absolute atomic E-state index is 0.126. The van der Waals surface area contributed by atoms with Gasteiger partial charge in [-0.15, -0.1) is 0 Å². The number of aromatic carboxylic acids is 1. The Bertz CT molecular complexity index is 1280. The molecule has 4 rings (SSSR count). The van der Waals surface area contributed by atoms with Crippen molar-refractivity contribution in [1.29, 1.82) is 0 Å². The highest BCUT2D eigenvalue weighted by atomic mass is 32.2. The largest absolute Gasteiger partial charge is 0.492 e. The third kappa shape index (κ3) is 5.95. The monoisotopic (exact) mass is 546 g/mol. The fourth-order valence-corrected chi connectivity index (χ4v) is 6.48. The number of carbonyl (C=O) groups excluding carboxylic acids is 1. The van der Waals surface area contributed by atoms with Gasteiger partial charge < -0.3 is 24.2 Å². The maximum absolute atomic E-state index is 14.0. The molecular weight excluding hydrogens is 512 g/mol. The van der Waals surface area contributed by atoms with E-state index in [2.05, 4.69) is 0 Å². The van der Waals surface area contributed by atoms with E-state index in [1.54, 1.807) is 39.2 Å². The molecule has 0 saturated carbocycles. The molecule has 2 aromatic rings. The third-order valence-electron chi connectivity index (χ3n) is 6.88. The summed E-state index contributed by atoms with van der Waals surface area (Å²) in [7, 11) is -0.899. The molecular formula is C27H34N2O8S. The average molecular weight is 547 g/mol. The number of aryl methyl sites for hydroxylation is 1. The van der Waals surface area contributed by atoms with Crippen LogP contribution in [0.25, 0.3) is 0 Å². The number of hydrogen-bond donors (Lipinski definition) is 1. The number of hydrogen-bond acceptors (Lipinski definition) is 7. The topological polar surface area (TPSA) is 123 Å². The first-order valence-electron chi connectivity index (χ1n) is 12.6. The number of sulfonamides is 1. The van der Waals surface area contributed by atoms with Crippen molar-refractivity contribution in [2.75, 3.05) is 51.4 Å². The van der Waals surface area contributed by atoms with E-state index in [9.17, 15) is 23.1 Å². The number of carboxylic acids is 1. The van der Waals surface area contributed by atoms with Crippen LogP contribution in [-0.4, -0.2) is 83.5 Å². The molecule has 2 aromatic carbocycles. The first kappa shape index (κ1) is 27.9. The van der Waals surface area contributed by atoms with Crippen molar-refractivity contribution in [1.82, 2.24) is 4.90 Å². The molecule has 2 saturated heterocycles. The Hall–Kier alpha value is -3.15. The van der Waals surface area contributed by atoms with Gasteiger partial charge >= 0.3 is 5.97 Å². The van der Waals surface area contributed by atoms with Gasteiger partial charge in [0.15, 0.2) is 0 Å². The van der Waals surface area contributed by atoms with Crippen molar-refractivity contribution in [2.45, 2.75) is 37.1 Å². The SMILES string of the molecule is Cc1cc(C(=O)N(C)C)ccc1N(C1CCOC1)S(=O)(=O)c1ccc(OCC2CCOCC2)c(C(=O)O)c1. The molecule has 0 bridgehead atoms. The molecule has 1 atom stereocenters. The second-order valence-corrected chi connectivity index (χ2v) is 11.7. The maximum atomic E-state index is 14.0. The van der Waals surface area contributed by atoms with Crippen LogP contribution in [0.4, 0.5) is 5.69 Å². The molecule has 0 aliphatic carbocycles. The molecule has 0 spiro atoms. The van der Waals surface area contributed by atoms with Gasteiger partial charge in [0.1, 0.15) is 11.3 Å². The van der Waals surface area contributed by atoms with Gasteiger partial charge in [-0.25, -0.2) is 13.2 Å². The molecule has 2 heterocycles. The normalized spacial score (nSPS) is 18.2. The molecule has 1 amide bonds. The van der Waals surface area contributed by atoms with Crippen molar-refractivity contribution in [3.05, 3.63) is 53.1 Å².